The van der Waals surface area contributed by atoms with Gasteiger partial charge < -0.3 is 15.1 Å². The number of aryl methyl sites for hydroxylation is 1. The Bertz CT molecular complexity index is 2610. The number of halogens is 1. The van der Waals surface area contributed by atoms with Crippen molar-refractivity contribution >= 4 is 72.8 Å². The summed E-state index contributed by atoms with van der Waals surface area (Å²) in [5, 5.41) is 17.4. The van der Waals surface area contributed by atoms with Crippen molar-refractivity contribution in [2.45, 2.75) is 18.5 Å². The number of carbonyl (C=O) groups excluding carboxylic acids is 2. The number of hydrogen-bond donors (Lipinski definition) is 2. The molecule has 53 heavy (non-hydrogen) atoms. The van der Waals surface area contributed by atoms with E-state index in [1.54, 1.807) is 54.9 Å². The summed E-state index contributed by atoms with van der Waals surface area (Å²) in [5.41, 5.74) is 6.69. The first-order chi connectivity index (χ1) is 25.9. The highest BCUT2D eigenvalue weighted by molar-refractivity contribution is 9.10. The molecule has 0 saturated heterocycles. The molecule has 0 bridgehead atoms. The summed E-state index contributed by atoms with van der Waals surface area (Å²) in [6.07, 6.45) is 4.35. The number of pyridine rings is 1. The van der Waals surface area contributed by atoms with E-state index < -0.39 is 0 Å². The second-order valence-electron chi connectivity index (χ2n) is 12.1. The van der Waals surface area contributed by atoms with Crippen molar-refractivity contribution in [3.8, 4) is 28.5 Å². The van der Waals surface area contributed by atoms with Crippen molar-refractivity contribution in [3.05, 3.63) is 143 Å². The Kier molecular flexibility index (Phi) is 9.53. The highest BCUT2D eigenvalue weighted by atomic mass is 79.9. The van der Waals surface area contributed by atoms with Gasteiger partial charge in [0.1, 0.15) is 5.52 Å². The van der Waals surface area contributed by atoms with E-state index in [0.717, 1.165) is 38.5 Å². The lowest BCUT2D eigenvalue weighted by molar-refractivity contribution is -0.113. The highest BCUT2D eigenvalue weighted by Crippen LogP contribution is 2.34. The van der Waals surface area contributed by atoms with Gasteiger partial charge in [0.15, 0.2) is 16.6 Å². The van der Waals surface area contributed by atoms with Crippen LogP contribution in [0, 0.1) is 0 Å². The number of nitrogens with one attached hydrogen (secondary N) is 2. The van der Waals surface area contributed by atoms with Crippen molar-refractivity contribution in [1.29, 1.82) is 0 Å². The molecule has 0 unspecified atom stereocenters. The van der Waals surface area contributed by atoms with Crippen LogP contribution < -0.4 is 10.6 Å². The molecule has 3 aromatic heterocycles. The zero-order valence-electron chi connectivity index (χ0n) is 28.3. The third-order valence-electron chi connectivity index (χ3n) is 8.68. The number of anilines is 2. The van der Waals surface area contributed by atoms with E-state index >= 15 is 0 Å². The molecule has 0 aliphatic heterocycles. The topological polar surface area (TPSA) is 128 Å². The van der Waals surface area contributed by atoms with Gasteiger partial charge in [0, 0.05) is 50.6 Å². The molecule has 2 amide bonds. The van der Waals surface area contributed by atoms with Crippen LogP contribution in [0.5, 0.6) is 0 Å². The van der Waals surface area contributed by atoms with Crippen molar-refractivity contribution in [3.63, 3.8) is 0 Å². The molecule has 10 nitrogen and oxygen atoms in total. The Morgan fingerprint density at radius 3 is 2.36 bits per heavy atom. The van der Waals surface area contributed by atoms with E-state index in [2.05, 4.69) is 60.8 Å². The van der Waals surface area contributed by atoms with Crippen LogP contribution in [0.4, 0.5) is 11.4 Å². The van der Waals surface area contributed by atoms with Gasteiger partial charge in [0.2, 0.25) is 11.8 Å². The van der Waals surface area contributed by atoms with E-state index in [-0.39, 0.29) is 17.6 Å². The molecule has 0 aliphatic rings. The summed E-state index contributed by atoms with van der Waals surface area (Å²) in [7, 11) is 0. The number of rotatable bonds is 10. The van der Waals surface area contributed by atoms with Gasteiger partial charge in [-0.15, -0.1) is 10.2 Å². The van der Waals surface area contributed by atoms with Crippen LogP contribution in [0.3, 0.4) is 0 Å². The fourth-order valence-electron chi connectivity index (χ4n) is 5.98. The Morgan fingerprint density at radius 1 is 0.811 bits per heavy atom. The minimum Gasteiger partial charge on any atom is -0.436 e. The van der Waals surface area contributed by atoms with Crippen molar-refractivity contribution in [1.82, 2.24) is 24.7 Å². The second-order valence-corrected chi connectivity index (χ2v) is 13.9. The average molecular weight is 781 g/mol. The quantitative estimate of drug-likeness (QED) is 0.131. The summed E-state index contributed by atoms with van der Waals surface area (Å²) in [5.74, 6) is 0.755. The Balaban J connectivity index is 0.919. The van der Waals surface area contributed by atoms with E-state index in [9.17, 15) is 9.59 Å². The van der Waals surface area contributed by atoms with Gasteiger partial charge in [-0.2, -0.15) is 0 Å². The molecule has 12 heteroatoms. The monoisotopic (exact) mass is 779 g/mol. The number of aromatic nitrogens is 5. The van der Waals surface area contributed by atoms with Crippen LogP contribution >= 0.6 is 27.7 Å². The van der Waals surface area contributed by atoms with Crippen LogP contribution in [0.1, 0.15) is 22.8 Å². The van der Waals surface area contributed by atoms with E-state index in [1.807, 2.05) is 65.2 Å². The fraction of sp³-hybridized carbons (Fsp3) is 0.0732. The standard InChI is InChI=1S/C41H30BrN7O3S/c1-2-25-9-16-30(17-10-25)49-38(26-19-21-43-22-20-26)47-48-41(49)53-24-37(50)44-28-13-11-27(12-14-28)39(51)45-29-15-18-36-35(23-29)46-40(52-36)33-7-3-6-32-31(33)5-4-8-34(32)42/h3-23H,2,24H2,1H3,(H,44,50)(H,45,51). The largest absolute Gasteiger partial charge is 0.436 e. The number of nitrogens with zero attached hydrogens (tertiary/aromatic N) is 5. The van der Waals surface area contributed by atoms with E-state index in [1.165, 1.54) is 17.3 Å². The van der Waals surface area contributed by atoms with Crippen molar-refractivity contribution in [2.24, 2.45) is 0 Å². The maximum atomic E-state index is 13.2. The smallest absolute Gasteiger partial charge is 0.255 e. The molecular weight excluding hydrogens is 750 g/mol. The molecule has 5 aromatic carbocycles. The molecule has 0 fully saturated rings. The number of carbonyl (C=O) groups is 2. The number of thioether (sulfide) groups is 1. The summed E-state index contributed by atoms with van der Waals surface area (Å²) in [6.45, 7) is 2.11. The van der Waals surface area contributed by atoms with Gasteiger partial charge in [-0.1, -0.05) is 71.0 Å². The molecule has 0 saturated carbocycles. The average Bonchev–Trinajstić information content (AvgIpc) is 3.82. The predicted octanol–water partition coefficient (Wildman–Crippen LogP) is 9.60. The van der Waals surface area contributed by atoms with Gasteiger partial charge in [0.05, 0.1) is 5.75 Å². The molecule has 0 spiro atoms. The summed E-state index contributed by atoms with van der Waals surface area (Å²) in [6, 6.07) is 36.1. The van der Waals surface area contributed by atoms with Gasteiger partial charge in [-0.25, -0.2) is 4.98 Å². The van der Waals surface area contributed by atoms with Gasteiger partial charge >= 0.3 is 0 Å². The molecule has 0 atom stereocenters. The summed E-state index contributed by atoms with van der Waals surface area (Å²) in [4.78, 5) is 35.1. The maximum absolute atomic E-state index is 13.2. The number of fused-ring (bicyclic) bond motifs is 2. The van der Waals surface area contributed by atoms with Gasteiger partial charge in [-0.3, -0.25) is 19.1 Å². The zero-order chi connectivity index (χ0) is 36.3. The summed E-state index contributed by atoms with van der Waals surface area (Å²) >= 11 is 4.91. The molecular formula is C41H30BrN7O3S. The molecule has 8 aromatic rings. The molecule has 0 aliphatic carbocycles. The number of oxazole rings is 1. The second kappa shape index (κ2) is 14.9. The number of hydrogen-bond acceptors (Lipinski definition) is 8. The van der Waals surface area contributed by atoms with E-state index in [4.69, 9.17) is 9.40 Å². The Morgan fingerprint density at radius 2 is 1.57 bits per heavy atom. The first-order valence-corrected chi connectivity index (χ1v) is 18.6. The lowest BCUT2D eigenvalue weighted by Crippen LogP contribution is -2.15. The van der Waals surface area contributed by atoms with E-state index in [0.29, 0.717) is 44.9 Å². The van der Waals surface area contributed by atoms with Crippen LogP contribution in [-0.4, -0.2) is 42.3 Å². The number of amides is 2. The third-order valence-corrected chi connectivity index (χ3v) is 10.3. The first kappa shape index (κ1) is 34.0. The lowest BCUT2D eigenvalue weighted by Gasteiger charge is -2.11. The highest BCUT2D eigenvalue weighted by Gasteiger charge is 2.18. The molecule has 3 heterocycles. The summed E-state index contributed by atoms with van der Waals surface area (Å²) < 4.78 is 9.05. The van der Waals surface area contributed by atoms with Crippen LogP contribution in [0.2, 0.25) is 0 Å². The zero-order valence-corrected chi connectivity index (χ0v) is 30.7. The Labute approximate surface area is 316 Å². The Hall–Kier alpha value is -6.11. The van der Waals surface area contributed by atoms with Gasteiger partial charge in [0.25, 0.3) is 5.91 Å². The van der Waals surface area contributed by atoms with Crippen molar-refractivity contribution in [2.75, 3.05) is 16.4 Å². The minimum absolute atomic E-state index is 0.105. The van der Waals surface area contributed by atoms with Gasteiger partial charge in [-0.05, 0) is 102 Å². The molecule has 0 radical (unpaired) electrons. The normalized spacial score (nSPS) is 11.2. The molecule has 260 valence electrons. The van der Waals surface area contributed by atoms with Crippen LogP contribution in [0.25, 0.3) is 50.4 Å². The predicted molar refractivity (Wildman–Crippen MR) is 212 cm³/mol. The molecule has 2 N–H and O–H groups in total. The third kappa shape index (κ3) is 7.19. The fourth-order valence-corrected chi connectivity index (χ4v) is 7.23. The minimum atomic E-state index is -0.295. The maximum Gasteiger partial charge on any atom is 0.255 e. The van der Waals surface area contributed by atoms with Crippen molar-refractivity contribution < 1.29 is 14.0 Å². The van der Waals surface area contributed by atoms with Crippen LogP contribution in [0.15, 0.2) is 142 Å². The first-order valence-electron chi connectivity index (χ1n) is 16.8. The SMILES string of the molecule is CCc1ccc(-n2c(SCC(=O)Nc3ccc(C(=O)Nc4ccc5oc(-c6cccc7c(Br)cccc67)nc5c4)cc3)nnc2-c2ccncc2)cc1. The lowest BCUT2D eigenvalue weighted by atomic mass is 10.0. The van der Waals surface area contributed by atoms with Crippen LogP contribution in [-0.2, 0) is 11.2 Å². The number of benzene rings is 5. The molecule has 8 rings (SSSR count).